The molecular weight excluding hydrogens is 330 g/mol. The number of carbonyl (C=O) groups excluding carboxylic acids is 1. The molecule has 1 atom stereocenters. The van der Waals surface area contributed by atoms with Crippen LogP contribution in [-0.4, -0.2) is 33.1 Å². The maximum atomic E-state index is 13.0. The number of likely N-dealkylation sites (tertiary alicyclic amines) is 1. The molecule has 0 radical (unpaired) electrons. The van der Waals surface area contributed by atoms with E-state index in [2.05, 4.69) is 10.1 Å². The van der Waals surface area contributed by atoms with E-state index in [1.165, 1.54) is 0 Å². The van der Waals surface area contributed by atoms with Crippen LogP contribution in [0.1, 0.15) is 44.4 Å². The van der Waals surface area contributed by atoms with Gasteiger partial charge in [-0.15, -0.1) is 0 Å². The van der Waals surface area contributed by atoms with E-state index in [-0.39, 0.29) is 11.9 Å². The van der Waals surface area contributed by atoms with Gasteiger partial charge < -0.3 is 14.2 Å². The van der Waals surface area contributed by atoms with Gasteiger partial charge in [-0.3, -0.25) is 4.79 Å². The Hall–Kier alpha value is -2.08. The molecule has 1 saturated heterocycles. The number of aryl methyl sites for hydroxylation is 1. The third kappa shape index (κ3) is 3.38. The normalized spacial score (nSPS) is 18.0. The maximum absolute atomic E-state index is 13.0. The summed E-state index contributed by atoms with van der Waals surface area (Å²) in [5.41, 5.74) is -1.03. The van der Waals surface area contributed by atoms with Crippen LogP contribution in [0.25, 0.3) is 0 Å². The van der Waals surface area contributed by atoms with E-state index in [4.69, 9.17) is 20.9 Å². The third-order valence-corrected chi connectivity index (χ3v) is 4.26. The fraction of sp³-hybridized carbons (Fsp3) is 0.471. The highest BCUT2D eigenvalue weighted by Gasteiger charge is 2.41. The van der Waals surface area contributed by atoms with E-state index in [9.17, 15) is 4.79 Å². The number of amides is 1. The largest absolute Gasteiger partial charge is 0.478 e. The van der Waals surface area contributed by atoms with Gasteiger partial charge in [0.2, 0.25) is 5.89 Å². The van der Waals surface area contributed by atoms with Gasteiger partial charge in [0, 0.05) is 11.6 Å². The minimum absolute atomic E-state index is 0.110. The Morgan fingerprint density at radius 1 is 1.46 bits per heavy atom. The molecule has 0 saturated carbocycles. The Labute approximate surface area is 145 Å². The summed E-state index contributed by atoms with van der Waals surface area (Å²) < 4.78 is 11.2. The molecule has 0 unspecified atom stereocenters. The lowest BCUT2D eigenvalue weighted by atomic mass is 10.1. The molecule has 0 aliphatic carbocycles. The maximum Gasteiger partial charge on any atom is 0.266 e. The topological polar surface area (TPSA) is 68.5 Å². The number of nitrogens with zero attached hydrogens (tertiary/aromatic N) is 3. The highest BCUT2D eigenvalue weighted by molar-refractivity contribution is 6.30. The molecule has 24 heavy (non-hydrogen) atoms. The van der Waals surface area contributed by atoms with Gasteiger partial charge >= 0.3 is 0 Å². The molecule has 2 aromatic rings. The predicted molar refractivity (Wildman–Crippen MR) is 88.9 cm³/mol. The summed E-state index contributed by atoms with van der Waals surface area (Å²) in [5, 5.41) is 4.39. The van der Waals surface area contributed by atoms with Crippen molar-refractivity contribution < 1.29 is 14.1 Å². The number of halogens is 1. The van der Waals surface area contributed by atoms with Crippen LogP contribution < -0.4 is 4.74 Å². The summed E-state index contributed by atoms with van der Waals surface area (Å²) in [6.45, 7) is 5.92. The van der Waals surface area contributed by atoms with Crippen LogP contribution in [-0.2, 0) is 4.79 Å². The molecule has 1 aromatic carbocycles. The van der Waals surface area contributed by atoms with Crippen molar-refractivity contribution in [3.63, 3.8) is 0 Å². The van der Waals surface area contributed by atoms with Gasteiger partial charge in [-0.2, -0.15) is 4.98 Å². The van der Waals surface area contributed by atoms with Crippen LogP contribution in [0, 0.1) is 6.92 Å². The molecule has 1 amide bonds. The standard InChI is InChI=1S/C17H20ClN3O3/c1-11-19-15(24-20-11)14-8-5-9-21(14)16(22)17(2,3)23-13-7-4-6-12(18)10-13/h4,6-7,10,14H,5,8-9H2,1-3H3/t14-/m0/s1. The fourth-order valence-corrected chi connectivity index (χ4v) is 3.11. The summed E-state index contributed by atoms with van der Waals surface area (Å²) in [4.78, 5) is 19.1. The molecule has 3 rings (SSSR count). The molecule has 0 spiro atoms. The van der Waals surface area contributed by atoms with Crippen molar-refractivity contribution in [2.24, 2.45) is 0 Å². The number of rotatable bonds is 4. The zero-order chi connectivity index (χ0) is 17.3. The van der Waals surface area contributed by atoms with Crippen LogP contribution >= 0.6 is 11.6 Å². The van der Waals surface area contributed by atoms with Gasteiger partial charge in [-0.05, 0) is 51.8 Å². The second-order valence-corrected chi connectivity index (χ2v) is 6.84. The quantitative estimate of drug-likeness (QED) is 0.844. The predicted octanol–water partition coefficient (Wildman–Crippen LogP) is 3.55. The molecule has 7 heteroatoms. The van der Waals surface area contributed by atoms with E-state index in [0.29, 0.717) is 29.0 Å². The van der Waals surface area contributed by atoms with Crippen molar-refractivity contribution in [1.82, 2.24) is 15.0 Å². The third-order valence-electron chi connectivity index (χ3n) is 4.03. The Kier molecular flexibility index (Phi) is 4.49. The Bertz CT molecular complexity index is 744. The van der Waals surface area contributed by atoms with Crippen LogP contribution in [0.2, 0.25) is 5.02 Å². The van der Waals surface area contributed by atoms with Crippen LogP contribution in [0.5, 0.6) is 5.75 Å². The first-order valence-electron chi connectivity index (χ1n) is 7.93. The van der Waals surface area contributed by atoms with E-state index >= 15 is 0 Å². The minimum Gasteiger partial charge on any atom is -0.478 e. The highest BCUT2D eigenvalue weighted by Crippen LogP contribution is 2.34. The summed E-state index contributed by atoms with van der Waals surface area (Å²) in [7, 11) is 0. The molecule has 128 valence electrons. The first-order valence-corrected chi connectivity index (χ1v) is 8.30. The lowest BCUT2D eigenvalue weighted by Crippen LogP contribution is -2.48. The molecule has 2 heterocycles. The number of hydrogen-bond donors (Lipinski definition) is 0. The summed E-state index contributed by atoms with van der Waals surface area (Å²) in [5.74, 6) is 1.50. The molecule has 1 aromatic heterocycles. The molecule has 1 fully saturated rings. The summed E-state index contributed by atoms with van der Waals surface area (Å²) in [6, 6.07) is 6.83. The average molecular weight is 350 g/mol. The highest BCUT2D eigenvalue weighted by atomic mass is 35.5. The smallest absolute Gasteiger partial charge is 0.266 e. The molecule has 1 aliphatic rings. The molecule has 1 aliphatic heterocycles. The average Bonchev–Trinajstić information content (AvgIpc) is 3.14. The first kappa shape index (κ1) is 16.8. The van der Waals surface area contributed by atoms with Crippen molar-refractivity contribution in [3.05, 3.63) is 41.0 Å². The van der Waals surface area contributed by atoms with E-state index in [1.807, 2.05) is 0 Å². The molecular formula is C17H20ClN3O3. The summed E-state index contributed by atoms with van der Waals surface area (Å²) in [6.07, 6.45) is 1.70. The van der Waals surface area contributed by atoms with Crippen molar-refractivity contribution in [2.75, 3.05) is 6.54 Å². The number of ether oxygens (including phenoxy) is 1. The molecule has 6 nitrogen and oxygen atoms in total. The number of carbonyl (C=O) groups is 1. The monoisotopic (exact) mass is 349 g/mol. The first-order chi connectivity index (χ1) is 11.4. The van der Waals surface area contributed by atoms with Gasteiger partial charge in [0.25, 0.3) is 5.91 Å². The Balaban J connectivity index is 1.78. The van der Waals surface area contributed by atoms with Crippen LogP contribution in [0.15, 0.2) is 28.8 Å². The lowest BCUT2D eigenvalue weighted by Gasteiger charge is -2.32. The van der Waals surface area contributed by atoms with Crippen molar-refractivity contribution >= 4 is 17.5 Å². The van der Waals surface area contributed by atoms with Gasteiger partial charge in [-0.1, -0.05) is 22.8 Å². The van der Waals surface area contributed by atoms with Gasteiger partial charge in [-0.25, -0.2) is 0 Å². The Morgan fingerprint density at radius 2 is 2.25 bits per heavy atom. The van der Waals surface area contributed by atoms with Gasteiger partial charge in [0.1, 0.15) is 11.8 Å². The van der Waals surface area contributed by atoms with Crippen LogP contribution in [0.4, 0.5) is 0 Å². The Morgan fingerprint density at radius 3 is 2.92 bits per heavy atom. The van der Waals surface area contributed by atoms with Crippen molar-refractivity contribution in [1.29, 1.82) is 0 Å². The second kappa shape index (κ2) is 6.43. The number of aromatic nitrogens is 2. The zero-order valence-corrected chi connectivity index (χ0v) is 14.7. The van der Waals surface area contributed by atoms with Crippen molar-refractivity contribution in [3.8, 4) is 5.75 Å². The van der Waals surface area contributed by atoms with Gasteiger partial charge in [0.15, 0.2) is 11.4 Å². The zero-order valence-electron chi connectivity index (χ0n) is 14.0. The second-order valence-electron chi connectivity index (χ2n) is 6.41. The molecule has 0 bridgehead atoms. The van der Waals surface area contributed by atoms with Crippen LogP contribution in [0.3, 0.4) is 0 Å². The van der Waals surface area contributed by atoms with E-state index < -0.39 is 5.60 Å². The van der Waals surface area contributed by atoms with Crippen molar-refractivity contribution in [2.45, 2.75) is 45.3 Å². The van der Waals surface area contributed by atoms with E-state index in [0.717, 1.165) is 12.8 Å². The number of benzene rings is 1. The summed E-state index contributed by atoms with van der Waals surface area (Å²) >= 11 is 5.98. The minimum atomic E-state index is -1.03. The number of hydrogen-bond acceptors (Lipinski definition) is 5. The van der Waals surface area contributed by atoms with E-state index in [1.54, 1.807) is 49.9 Å². The lowest BCUT2D eigenvalue weighted by molar-refractivity contribution is -0.147. The van der Waals surface area contributed by atoms with Gasteiger partial charge in [0.05, 0.1) is 0 Å². The fourth-order valence-electron chi connectivity index (χ4n) is 2.93. The molecule has 0 N–H and O–H groups in total. The SMILES string of the molecule is Cc1noc([C@@H]2CCCN2C(=O)C(C)(C)Oc2cccc(Cl)c2)n1.